The minimum atomic E-state index is -0.0442. The molecule has 1 heterocycles. The number of aromatic nitrogens is 1. The van der Waals surface area contributed by atoms with Crippen LogP contribution in [0.4, 0.5) is 0 Å². The second-order valence-electron chi connectivity index (χ2n) is 4.88. The van der Waals surface area contributed by atoms with Crippen LogP contribution in [0.5, 0.6) is 0 Å². The summed E-state index contributed by atoms with van der Waals surface area (Å²) in [7, 11) is 0. The van der Waals surface area contributed by atoms with Gasteiger partial charge in [-0.1, -0.05) is 37.3 Å². The van der Waals surface area contributed by atoms with E-state index in [1.54, 1.807) is 11.5 Å². The monoisotopic (exact) mass is 265 g/mol. The van der Waals surface area contributed by atoms with E-state index in [-0.39, 0.29) is 11.7 Å². The van der Waals surface area contributed by atoms with Crippen LogP contribution < -0.4 is 0 Å². The first-order valence-electron chi connectivity index (χ1n) is 6.71. The van der Waals surface area contributed by atoms with Gasteiger partial charge in [0.05, 0.1) is 11.0 Å². The van der Waals surface area contributed by atoms with Crippen LogP contribution >= 0.6 is 0 Å². The summed E-state index contributed by atoms with van der Waals surface area (Å²) in [5.41, 5.74) is 2.35. The lowest BCUT2D eigenvalue weighted by atomic mass is 10.1. The molecular weight excluding hydrogens is 250 g/mol. The van der Waals surface area contributed by atoms with Crippen LogP contribution in [0, 0.1) is 0 Å². The molecule has 0 fully saturated rings. The van der Waals surface area contributed by atoms with Gasteiger partial charge < -0.3 is 0 Å². The first-order valence-corrected chi connectivity index (χ1v) is 6.71. The van der Waals surface area contributed by atoms with Crippen molar-refractivity contribution in [2.45, 2.75) is 20.3 Å². The zero-order chi connectivity index (χ0) is 14.3. The molecule has 0 amide bonds. The lowest BCUT2D eigenvalue weighted by Crippen LogP contribution is -2.05. The fourth-order valence-electron chi connectivity index (χ4n) is 2.69. The number of Topliss-reactive ketones (excluding diaryl/α,β-unsaturated/α-hetero) is 1. The Hall–Kier alpha value is -2.42. The van der Waals surface area contributed by atoms with Gasteiger partial charge in [0.25, 0.3) is 0 Å². The Kier molecular flexibility index (Phi) is 2.90. The van der Waals surface area contributed by atoms with Gasteiger partial charge in [-0.3, -0.25) is 14.2 Å². The number of para-hydroxylation sites is 1. The molecule has 0 N–H and O–H groups in total. The summed E-state index contributed by atoms with van der Waals surface area (Å²) < 4.78 is 1.68. The molecule has 0 saturated carbocycles. The third kappa shape index (κ3) is 1.74. The van der Waals surface area contributed by atoms with Crippen molar-refractivity contribution >= 4 is 33.5 Å². The number of fused-ring (bicyclic) bond motifs is 3. The number of rotatable bonds is 2. The minimum Gasteiger partial charge on any atom is -0.294 e. The van der Waals surface area contributed by atoms with Gasteiger partial charge in [-0.15, -0.1) is 0 Å². The standard InChI is InChI=1S/C17H15NO2/c1-3-17(20)12-8-9-14-13-6-4-5-7-15(13)18(11(2)19)16(14)10-12/h4-10H,3H2,1-2H3. The Balaban J connectivity index is 2.44. The number of hydrogen-bond donors (Lipinski definition) is 0. The molecule has 0 radical (unpaired) electrons. The summed E-state index contributed by atoms with van der Waals surface area (Å²) in [6.45, 7) is 3.38. The molecule has 3 heteroatoms. The molecule has 0 aliphatic rings. The van der Waals surface area contributed by atoms with Crippen LogP contribution in [0.3, 0.4) is 0 Å². The fourth-order valence-corrected chi connectivity index (χ4v) is 2.69. The third-order valence-corrected chi connectivity index (χ3v) is 3.63. The normalized spacial score (nSPS) is 11.1. The van der Waals surface area contributed by atoms with Gasteiger partial charge in [-0.25, -0.2) is 0 Å². The summed E-state index contributed by atoms with van der Waals surface area (Å²) in [6, 6.07) is 13.4. The third-order valence-electron chi connectivity index (χ3n) is 3.63. The van der Waals surface area contributed by atoms with E-state index in [0.717, 1.165) is 21.8 Å². The van der Waals surface area contributed by atoms with Crippen LogP contribution in [0.1, 0.15) is 35.4 Å². The van der Waals surface area contributed by atoms with E-state index in [1.807, 2.05) is 49.4 Å². The van der Waals surface area contributed by atoms with Gasteiger partial charge in [0.2, 0.25) is 5.91 Å². The summed E-state index contributed by atoms with van der Waals surface area (Å²) >= 11 is 0. The van der Waals surface area contributed by atoms with Gasteiger partial charge in [0, 0.05) is 29.7 Å². The Morgan fingerprint density at radius 1 is 1.00 bits per heavy atom. The van der Waals surface area contributed by atoms with Crippen LogP contribution in [0.2, 0.25) is 0 Å². The molecule has 100 valence electrons. The second kappa shape index (κ2) is 4.60. The van der Waals surface area contributed by atoms with E-state index < -0.39 is 0 Å². The predicted molar refractivity (Wildman–Crippen MR) is 80.4 cm³/mol. The maximum atomic E-state index is 12.0. The largest absolute Gasteiger partial charge is 0.294 e. The van der Waals surface area contributed by atoms with E-state index in [2.05, 4.69) is 0 Å². The van der Waals surface area contributed by atoms with Crippen LogP contribution in [-0.4, -0.2) is 16.3 Å². The average Bonchev–Trinajstić information content (AvgIpc) is 2.80. The molecule has 20 heavy (non-hydrogen) atoms. The van der Waals surface area contributed by atoms with Gasteiger partial charge in [0.1, 0.15) is 0 Å². The highest BCUT2D eigenvalue weighted by molar-refractivity contribution is 6.14. The second-order valence-corrected chi connectivity index (χ2v) is 4.88. The molecule has 0 atom stereocenters. The van der Waals surface area contributed by atoms with Crippen LogP contribution in [-0.2, 0) is 0 Å². The van der Waals surface area contributed by atoms with Gasteiger partial charge in [-0.05, 0) is 12.1 Å². The SMILES string of the molecule is CCC(=O)c1ccc2c3ccccc3n(C(C)=O)c2c1. The van der Waals surface area contributed by atoms with E-state index >= 15 is 0 Å². The van der Waals surface area contributed by atoms with Crippen molar-refractivity contribution in [2.24, 2.45) is 0 Å². The summed E-state index contributed by atoms with van der Waals surface area (Å²) in [5, 5.41) is 2.04. The van der Waals surface area contributed by atoms with Crippen molar-refractivity contribution in [1.29, 1.82) is 0 Å². The number of ketones is 1. The van der Waals surface area contributed by atoms with Gasteiger partial charge in [0.15, 0.2) is 5.78 Å². The Morgan fingerprint density at radius 2 is 1.70 bits per heavy atom. The number of benzene rings is 2. The maximum absolute atomic E-state index is 12.0. The zero-order valence-corrected chi connectivity index (χ0v) is 11.5. The molecule has 0 aliphatic carbocycles. The van der Waals surface area contributed by atoms with Crippen LogP contribution in [0.25, 0.3) is 21.8 Å². The highest BCUT2D eigenvalue weighted by Crippen LogP contribution is 2.29. The van der Waals surface area contributed by atoms with Crippen molar-refractivity contribution in [3.8, 4) is 0 Å². The molecule has 0 bridgehead atoms. The Morgan fingerprint density at radius 3 is 2.40 bits per heavy atom. The first-order chi connectivity index (χ1) is 9.63. The van der Waals surface area contributed by atoms with Crippen molar-refractivity contribution in [3.05, 3.63) is 48.0 Å². The zero-order valence-electron chi connectivity index (χ0n) is 11.5. The van der Waals surface area contributed by atoms with Gasteiger partial charge in [-0.2, -0.15) is 0 Å². The molecule has 0 saturated heterocycles. The number of hydrogen-bond acceptors (Lipinski definition) is 2. The number of carbonyl (C=O) groups is 2. The lowest BCUT2D eigenvalue weighted by Gasteiger charge is -2.03. The highest BCUT2D eigenvalue weighted by atomic mass is 16.1. The molecule has 0 aliphatic heterocycles. The Bertz CT molecular complexity index is 843. The maximum Gasteiger partial charge on any atom is 0.228 e. The summed E-state index contributed by atoms with van der Waals surface area (Å²) in [4.78, 5) is 23.8. The van der Waals surface area contributed by atoms with Crippen molar-refractivity contribution < 1.29 is 9.59 Å². The Labute approximate surface area is 116 Å². The van der Waals surface area contributed by atoms with Crippen molar-refractivity contribution in [1.82, 2.24) is 4.57 Å². The van der Waals surface area contributed by atoms with Gasteiger partial charge >= 0.3 is 0 Å². The van der Waals surface area contributed by atoms with E-state index in [9.17, 15) is 9.59 Å². The molecular formula is C17H15NO2. The smallest absolute Gasteiger partial charge is 0.228 e. The molecule has 0 unspecified atom stereocenters. The molecule has 3 nitrogen and oxygen atoms in total. The molecule has 3 aromatic rings. The average molecular weight is 265 g/mol. The summed E-state index contributed by atoms with van der Waals surface area (Å²) in [5.74, 6) is 0.0459. The number of carbonyl (C=O) groups excluding carboxylic acids is 2. The fraction of sp³-hybridized carbons (Fsp3) is 0.176. The highest BCUT2D eigenvalue weighted by Gasteiger charge is 2.14. The van der Waals surface area contributed by atoms with E-state index in [4.69, 9.17) is 0 Å². The lowest BCUT2D eigenvalue weighted by molar-refractivity contribution is 0.0943. The van der Waals surface area contributed by atoms with Crippen LogP contribution in [0.15, 0.2) is 42.5 Å². The molecule has 2 aromatic carbocycles. The minimum absolute atomic E-state index is 0.0442. The van der Waals surface area contributed by atoms with E-state index in [1.165, 1.54) is 0 Å². The molecule has 3 rings (SSSR count). The summed E-state index contributed by atoms with van der Waals surface area (Å²) in [6.07, 6.45) is 0.464. The molecule has 0 spiro atoms. The van der Waals surface area contributed by atoms with Crippen molar-refractivity contribution in [2.75, 3.05) is 0 Å². The first kappa shape index (κ1) is 12.6. The topological polar surface area (TPSA) is 39.1 Å². The van der Waals surface area contributed by atoms with Crippen molar-refractivity contribution in [3.63, 3.8) is 0 Å². The quantitative estimate of drug-likeness (QED) is 0.656. The molecule has 1 aromatic heterocycles. The number of nitrogens with zero attached hydrogens (tertiary/aromatic N) is 1. The van der Waals surface area contributed by atoms with E-state index in [0.29, 0.717) is 12.0 Å². The predicted octanol–water partition coefficient (Wildman–Crippen LogP) is 4.05.